The average Bonchev–Trinajstić information content (AvgIpc) is 2.59. The first-order valence-electron chi connectivity index (χ1n) is 7.62. The van der Waals surface area contributed by atoms with Gasteiger partial charge in [0.2, 0.25) is 10.0 Å². The van der Waals surface area contributed by atoms with Crippen LogP contribution in [-0.2, 0) is 21.3 Å². The zero-order valence-electron chi connectivity index (χ0n) is 14.0. The highest BCUT2D eigenvalue weighted by Gasteiger charge is 2.23. The van der Waals surface area contributed by atoms with Gasteiger partial charge < -0.3 is 4.74 Å². The van der Waals surface area contributed by atoms with E-state index in [2.05, 4.69) is 4.74 Å². The highest BCUT2D eigenvalue weighted by Crippen LogP contribution is 2.19. The molecule has 0 N–H and O–H groups in total. The molecule has 6 heteroatoms. The van der Waals surface area contributed by atoms with Crippen molar-refractivity contribution in [3.05, 3.63) is 65.2 Å². The maximum atomic E-state index is 12.8. The first kappa shape index (κ1) is 18.2. The van der Waals surface area contributed by atoms with Crippen LogP contribution in [0.25, 0.3) is 0 Å². The van der Waals surface area contributed by atoms with Crippen molar-refractivity contribution < 1.29 is 17.9 Å². The fourth-order valence-corrected chi connectivity index (χ4v) is 3.73. The Kier molecular flexibility index (Phi) is 5.75. The molecule has 0 heterocycles. The summed E-state index contributed by atoms with van der Waals surface area (Å²) in [7, 11) is -2.23. The average molecular weight is 347 g/mol. The molecule has 0 aliphatic heterocycles. The first-order chi connectivity index (χ1) is 11.4. The van der Waals surface area contributed by atoms with Gasteiger partial charge in [0.25, 0.3) is 0 Å². The van der Waals surface area contributed by atoms with Gasteiger partial charge in [-0.25, -0.2) is 13.2 Å². The maximum absolute atomic E-state index is 12.8. The van der Waals surface area contributed by atoms with Gasteiger partial charge in [0.1, 0.15) is 0 Å². The third kappa shape index (κ3) is 4.01. The van der Waals surface area contributed by atoms with Gasteiger partial charge in [-0.3, -0.25) is 0 Å². The molecular formula is C18H21NO4S. The number of carbonyl (C=O) groups excluding carboxylic acids is 1. The number of aryl methyl sites for hydroxylation is 1. The molecule has 128 valence electrons. The van der Waals surface area contributed by atoms with Crippen LogP contribution in [0.3, 0.4) is 0 Å². The van der Waals surface area contributed by atoms with Crippen LogP contribution in [0.4, 0.5) is 0 Å². The van der Waals surface area contributed by atoms with Gasteiger partial charge in [-0.1, -0.05) is 36.8 Å². The zero-order chi connectivity index (χ0) is 17.7. The van der Waals surface area contributed by atoms with Crippen LogP contribution in [0.15, 0.2) is 53.4 Å². The second-order valence-corrected chi connectivity index (χ2v) is 7.37. The fourth-order valence-electron chi connectivity index (χ4n) is 2.29. The topological polar surface area (TPSA) is 63.7 Å². The Labute approximate surface area is 142 Å². The monoisotopic (exact) mass is 347 g/mol. The molecule has 0 fully saturated rings. The molecule has 2 aromatic rings. The standard InChI is InChI=1S/C18H21NO4S/c1-4-19(24(21,22)17-11-5-14(2)6-12-17)13-15-7-9-16(10-8-15)18(20)23-3/h5-12H,4,13H2,1-3H3. The lowest BCUT2D eigenvalue weighted by Gasteiger charge is -2.21. The molecule has 0 atom stereocenters. The number of ether oxygens (including phenoxy) is 1. The third-order valence-corrected chi connectivity index (χ3v) is 5.68. The Bertz CT molecular complexity index is 796. The molecule has 0 aliphatic rings. The molecule has 2 rings (SSSR count). The van der Waals surface area contributed by atoms with Crippen LogP contribution in [0.2, 0.25) is 0 Å². The van der Waals surface area contributed by atoms with E-state index in [1.807, 2.05) is 6.92 Å². The minimum absolute atomic E-state index is 0.244. The Balaban J connectivity index is 2.22. The summed E-state index contributed by atoms with van der Waals surface area (Å²) in [5.74, 6) is -0.416. The quantitative estimate of drug-likeness (QED) is 0.754. The van der Waals surface area contributed by atoms with Crippen molar-refractivity contribution in [1.82, 2.24) is 4.31 Å². The predicted molar refractivity (Wildman–Crippen MR) is 92.2 cm³/mol. The number of hydrogen-bond acceptors (Lipinski definition) is 4. The number of sulfonamides is 1. The summed E-state index contributed by atoms with van der Waals surface area (Å²) in [5.41, 5.74) is 2.25. The Hall–Kier alpha value is -2.18. The number of esters is 1. The van der Waals surface area contributed by atoms with Gasteiger partial charge >= 0.3 is 5.97 Å². The molecular weight excluding hydrogens is 326 g/mol. The van der Waals surface area contributed by atoms with E-state index in [4.69, 9.17) is 0 Å². The lowest BCUT2D eigenvalue weighted by Crippen LogP contribution is -2.30. The molecule has 24 heavy (non-hydrogen) atoms. The summed E-state index contributed by atoms with van der Waals surface area (Å²) in [6, 6.07) is 13.5. The lowest BCUT2D eigenvalue weighted by molar-refractivity contribution is 0.0600. The van der Waals surface area contributed by atoms with Crippen LogP contribution in [0, 0.1) is 6.92 Å². The molecule has 0 aromatic heterocycles. The first-order valence-corrected chi connectivity index (χ1v) is 9.06. The zero-order valence-corrected chi connectivity index (χ0v) is 14.8. The van der Waals surface area contributed by atoms with E-state index in [-0.39, 0.29) is 11.4 Å². The lowest BCUT2D eigenvalue weighted by atomic mass is 10.1. The minimum atomic E-state index is -3.56. The molecule has 0 amide bonds. The van der Waals surface area contributed by atoms with E-state index in [0.29, 0.717) is 12.1 Å². The summed E-state index contributed by atoms with van der Waals surface area (Å²) in [6.07, 6.45) is 0. The number of hydrogen-bond donors (Lipinski definition) is 0. The molecule has 0 bridgehead atoms. The van der Waals surface area contributed by atoms with Crippen molar-refractivity contribution in [3.63, 3.8) is 0 Å². The molecule has 0 aliphatic carbocycles. The van der Waals surface area contributed by atoms with E-state index in [1.165, 1.54) is 11.4 Å². The Morgan fingerprint density at radius 3 is 2.12 bits per heavy atom. The minimum Gasteiger partial charge on any atom is -0.465 e. The van der Waals surface area contributed by atoms with Crippen molar-refractivity contribution >= 4 is 16.0 Å². The number of methoxy groups -OCH3 is 1. The number of nitrogens with zero attached hydrogens (tertiary/aromatic N) is 1. The van der Waals surface area contributed by atoms with Gasteiger partial charge in [-0.05, 0) is 36.8 Å². The molecule has 0 unspecified atom stereocenters. The van der Waals surface area contributed by atoms with Crippen molar-refractivity contribution in [3.8, 4) is 0 Å². The second-order valence-electron chi connectivity index (χ2n) is 5.43. The van der Waals surface area contributed by atoms with Crippen molar-refractivity contribution in [2.45, 2.75) is 25.3 Å². The van der Waals surface area contributed by atoms with E-state index < -0.39 is 16.0 Å². The Morgan fingerprint density at radius 2 is 1.62 bits per heavy atom. The summed E-state index contributed by atoms with van der Waals surface area (Å²) >= 11 is 0. The van der Waals surface area contributed by atoms with Crippen molar-refractivity contribution in [2.75, 3.05) is 13.7 Å². The van der Waals surface area contributed by atoms with Crippen LogP contribution < -0.4 is 0 Å². The fraction of sp³-hybridized carbons (Fsp3) is 0.278. The van der Waals surface area contributed by atoms with Crippen molar-refractivity contribution in [1.29, 1.82) is 0 Å². The largest absolute Gasteiger partial charge is 0.465 e. The summed E-state index contributed by atoms with van der Waals surface area (Å²) in [6.45, 7) is 4.31. The molecule has 5 nitrogen and oxygen atoms in total. The normalized spacial score (nSPS) is 11.5. The van der Waals surface area contributed by atoms with Crippen LogP contribution in [0.5, 0.6) is 0 Å². The number of benzene rings is 2. The highest BCUT2D eigenvalue weighted by atomic mass is 32.2. The van der Waals surface area contributed by atoms with E-state index in [1.54, 1.807) is 55.5 Å². The summed E-state index contributed by atoms with van der Waals surface area (Å²) < 4.78 is 31.6. The van der Waals surface area contributed by atoms with Gasteiger partial charge in [0, 0.05) is 13.1 Å². The number of rotatable bonds is 6. The van der Waals surface area contributed by atoms with Gasteiger partial charge in [-0.15, -0.1) is 0 Å². The molecule has 0 saturated carbocycles. The smallest absolute Gasteiger partial charge is 0.337 e. The summed E-state index contributed by atoms with van der Waals surface area (Å²) in [4.78, 5) is 11.7. The van der Waals surface area contributed by atoms with Crippen LogP contribution in [0.1, 0.15) is 28.4 Å². The van der Waals surface area contributed by atoms with Crippen LogP contribution >= 0.6 is 0 Å². The predicted octanol–water partition coefficient (Wildman–Crippen LogP) is 2.99. The molecule has 0 radical (unpaired) electrons. The van der Waals surface area contributed by atoms with Gasteiger partial charge in [0.15, 0.2) is 0 Å². The van der Waals surface area contributed by atoms with Crippen LogP contribution in [-0.4, -0.2) is 32.3 Å². The second kappa shape index (κ2) is 7.59. The van der Waals surface area contributed by atoms with Gasteiger partial charge in [0.05, 0.1) is 17.6 Å². The highest BCUT2D eigenvalue weighted by molar-refractivity contribution is 7.89. The molecule has 0 saturated heterocycles. The Morgan fingerprint density at radius 1 is 1.04 bits per heavy atom. The molecule has 0 spiro atoms. The van der Waals surface area contributed by atoms with Gasteiger partial charge in [-0.2, -0.15) is 4.31 Å². The molecule has 2 aromatic carbocycles. The van der Waals surface area contributed by atoms with Crippen molar-refractivity contribution in [2.24, 2.45) is 0 Å². The van der Waals surface area contributed by atoms with E-state index in [0.717, 1.165) is 11.1 Å². The third-order valence-electron chi connectivity index (χ3n) is 3.75. The maximum Gasteiger partial charge on any atom is 0.337 e. The van der Waals surface area contributed by atoms with E-state index >= 15 is 0 Å². The number of carbonyl (C=O) groups is 1. The summed E-state index contributed by atoms with van der Waals surface area (Å²) in [5, 5.41) is 0. The van der Waals surface area contributed by atoms with E-state index in [9.17, 15) is 13.2 Å². The SMILES string of the molecule is CCN(Cc1ccc(C(=O)OC)cc1)S(=O)(=O)c1ccc(C)cc1.